The number of phenols is 1. The lowest BCUT2D eigenvalue weighted by molar-refractivity contribution is -0.160. The number of aromatic hydroxyl groups is 1. The van der Waals surface area contributed by atoms with Gasteiger partial charge in [-0.25, -0.2) is 4.79 Å². The molecular weight excluding hydrogens is 420 g/mol. The summed E-state index contributed by atoms with van der Waals surface area (Å²) in [5.74, 6) is -3.50. The molecule has 1 aliphatic heterocycles. The van der Waals surface area contributed by atoms with Crippen molar-refractivity contribution in [1.29, 1.82) is 0 Å². The van der Waals surface area contributed by atoms with Gasteiger partial charge in [-0.2, -0.15) is 0 Å². The van der Waals surface area contributed by atoms with Crippen LogP contribution in [0.2, 0.25) is 0 Å². The minimum atomic E-state index is -1.38. The Labute approximate surface area is 186 Å². The van der Waals surface area contributed by atoms with Gasteiger partial charge in [0.05, 0.1) is 17.2 Å². The van der Waals surface area contributed by atoms with Crippen molar-refractivity contribution >= 4 is 29.9 Å². The second-order valence-corrected chi connectivity index (χ2v) is 8.27. The van der Waals surface area contributed by atoms with Crippen LogP contribution in [0.3, 0.4) is 0 Å². The van der Waals surface area contributed by atoms with Gasteiger partial charge in [-0.3, -0.25) is 14.4 Å². The lowest BCUT2D eigenvalue weighted by atomic mass is 9.91. The van der Waals surface area contributed by atoms with E-state index >= 15 is 0 Å². The van der Waals surface area contributed by atoms with Gasteiger partial charge in [0.1, 0.15) is 18.3 Å². The number of cyclic esters (lactones) is 2. The molecule has 2 amide bonds. The number of anilines is 1. The van der Waals surface area contributed by atoms with E-state index in [1.165, 1.54) is 32.0 Å². The first-order valence-corrected chi connectivity index (χ1v) is 10.5. The minimum Gasteiger partial charge on any atom is -0.505 e. The summed E-state index contributed by atoms with van der Waals surface area (Å²) in [6.45, 7) is 6.86. The number of ether oxygens (including phenoxy) is 2. The van der Waals surface area contributed by atoms with Crippen LogP contribution in [0.1, 0.15) is 50.9 Å². The van der Waals surface area contributed by atoms with Crippen molar-refractivity contribution in [3.05, 3.63) is 23.8 Å². The van der Waals surface area contributed by atoms with E-state index < -0.39 is 53.9 Å². The number of esters is 2. The molecule has 0 saturated carbocycles. The maximum atomic E-state index is 12.7. The molecule has 10 nitrogen and oxygen atoms in total. The fourth-order valence-corrected chi connectivity index (χ4v) is 3.43. The number of amides is 2. The molecule has 0 spiro atoms. The van der Waals surface area contributed by atoms with Crippen LogP contribution in [0.4, 0.5) is 5.69 Å². The topological polar surface area (TPSA) is 151 Å². The Balaban J connectivity index is 2.26. The molecule has 1 saturated heterocycles. The molecule has 0 radical (unpaired) electrons. The molecule has 1 aliphatic rings. The third kappa shape index (κ3) is 5.97. The van der Waals surface area contributed by atoms with E-state index in [9.17, 15) is 29.4 Å². The van der Waals surface area contributed by atoms with Gasteiger partial charge in [-0.1, -0.05) is 26.3 Å². The van der Waals surface area contributed by atoms with Crippen LogP contribution in [-0.2, 0) is 23.9 Å². The van der Waals surface area contributed by atoms with Crippen molar-refractivity contribution in [2.75, 3.05) is 5.32 Å². The molecule has 1 fully saturated rings. The van der Waals surface area contributed by atoms with Gasteiger partial charge in [-0.15, -0.1) is 0 Å². The molecule has 1 aromatic rings. The maximum Gasteiger partial charge on any atom is 0.332 e. The fourth-order valence-electron chi connectivity index (χ4n) is 3.43. The van der Waals surface area contributed by atoms with Crippen LogP contribution in [0, 0.1) is 11.8 Å². The number of benzene rings is 1. The van der Waals surface area contributed by atoms with E-state index in [0.717, 1.165) is 0 Å². The van der Waals surface area contributed by atoms with Crippen molar-refractivity contribution in [2.45, 2.75) is 64.9 Å². The van der Waals surface area contributed by atoms with E-state index in [0.29, 0.717) is 25.2 Å². The van der Waals surface area contributed by atoms with Crippen molar-refractivity contribution in [1.82, 2.24) is 5.32 Å². The summed E-state index contributed by atoms with van der Waals surface area (Å²) in [6.07, 6.45) is -2.01. The largest absolute Gasteiger partial charge is 0.505 e. The van der Waals surface area contributed by atoms with Gasteiger partial charge < -0.3 is 30.3 Å². The summed E-state index contributed by atoms with van der Waals surface area (Å²) in [7, 11) is 0. The molecule has 1 aromatic carbocycles. The minimum absolute atomic E-state index is 0.00825. The van der Waals surface area contributed by atoms with Gasteiger partial charge in [0.25, 0.3) is 5.91 Å². The maximum absolute atomic E-state index is 12.7. The van der Waals surface area contributed by atoms with Crippen LogP contribution in [0.5, 0.6) is 5.75 Å². The van der Waals surface area contributed by atoms with Gasteiger partial charge in [-0.05, 0) is 38.3 Å². The average Bonchev–Trinajstić information content (AvgIpc) is 2.74. The summed E-state index contributed by atoms with van der Waals surface area (Å²) in [4.78, 5) is 48.9. The Morgan fingerprint density at radius 1 is 1.16 bits per heavy atom. The lowest BCUT2D eigenvalue weighted by Gasteiger charge is -2.25. The molecule has 5 atom stereocenters. The van der Waals surface area contributed by atoms with E-state index in [2.05, 4.69) is 10.6 Å². The normalized spacial score (nSPS) is 26.2. The molecule has 32 heavy (non-hydrogen) atoms. The summed E-state index contributed by atoms with van der Waals surface area (Å²) in [5.41, 5.74) is -0.195. The van der Waals surface area contributed by atoms with E-state index in [1.807, 2.05) is 13.8 Å². The van der Waals surface area contributed by atoms with E-state index in [1.54, 1.807) is 0 Å². The molecular formula is C22H30N2O8. The monoisotopic (exact) mass is 450 g/mol. The third-order valence-electron chi connectivity index (χ3n) is 5.36. The van der Waals surface area contributed by atoms with Crippen LogP contribution >= 0.6 is 0 Å². The number of rotatable bonds is 7. The van der Waals surface area contributed by atoms with Gasteiger partial charge >= 0.3 is 11.9 Å². The Hall–Kier alpha value is -3.14. The summed E-state index contributed by atoms with van der Waals surface area (Å²) in [6, 6.07) is 2.74. The number of nitrogens with one attached hydrogen (secondary N) is 2. The predicted molar refractivity (Wildman–Crippen MR) is 114 cm³/mol. The number of aliphatic hydroxyl groups excluding tert-OH is 1. The molecule has 2 rings (SSSR count). The smallest absolute Gasteiger partial charge is 0.332 e. The molecule has 176 valence electrons. The molecule has 0 unspecified atom stereocenters. The van der Waals surface area contributed by atoms with Crippen molar-refractivity contribution in [2.24, 2.45) is 11.8 Å². The highest BCUT2D eigenvalue weighted by Crippen LogP contribution is 2.28. The lowest BCUT2D eigenvalue weighted by Crippen LogP contribution is -2.50. The van der Waals surface area contributed by atoms with E-state index in [4.69, 9.17) is 9.47 Å². The number of aliphatic hydroxyl groups is 1. The molecule has 0 bridgehead atoms. The third-order valence-corrected chi connectivity index (χ3v) is 5.36. The van der Waals surface area contributed by atoms with Crippen LogP contribution < -0.4 is 10.6 Å². The quantitative estimate of drug-likeness (QED) is 0.276. The second kappa shape index (κ2) is 10.9. The Kier molecular flexibility index (Phi) is 8.59. The van der Waals surface area contributed by atoms with Crippen LogP contribution in [-0.4, -0.2) is 58.8 Å². The second-order valence-electron chi connectivity index (χ2n) is 8.27. The SMILES string of the molecule is CC(C)CC[C@H]1C(=O)O[C@H](C)[C@H](NC(=O)c2cccc(NC=O)c2O)C(=O)O[C@@H](C)[C@@H]1O. The van der Waals surface area contributed by atoms with Crippen molar-refractivity contribution in [3.8, 4) is 5.75 Å². The fraction of sp³-hybridized carbons (Fsp3) is 0.545. The number of carbonyl (C=O) groups is 4. The van der Waals surface area contributed by atoms with Crippen molar-refractivity contribution in [3.63, 3.8) is 0 Å². The first-order chi connectivity index (χ1) is 15.1. The Morgan fingerprint density at radius 3 is 2.44 bits per heavy atom. The van der Waals surface area contributed by atoms with E-state index in [-0.39, 0.29) is 11.3 Å². The molecule has 10 heteroatoms. The zero-order chi connectivity index (χ0) is 24.0. The summed E-state index contributed by atoms with van der Waals surface area (Å²) in [5, 5.41) is 25.5. The standard InChI is InChI=1S/C22H30N2O8/c1-11(2)8-9-15-18(26)13(4)32-22(30)17(12(3)31-21(15)29)24-20(28)14-6-5-7-16(19(14)27)23-10-25/h5-7,10-13,15,17-18,26-27H,8-9H2,1-4H3,(H,23,25)(H,24,28)/t12-,13+,15-,17+,18+/m1/s1. The number of phenolic OH excluding ortho intramolecular Hbond substituents is 1. The predicted octanol–water partition coefficient (Wildman–Crippen LogP) is 1.35. The van der Waals surface area contributed by atoms with Gasteiger partial charge in [0, 0.05) is 0 Å². The zero-order valence-electron chi connectivity index (χ0n) is 18.5. The van der Waals surface area contributed by atoms with Crippen molar-refractivity contribution < 1.29 is 38.9 Å². The van der Waals surface area contributed by atoms with Gasteiger partial charge in [0.2, 0.25) is 6.41 Å². The Bertz CT molecular complexity index is 856. The zero-order valence-corrected chi connectivity index (χ0v) is 18.5. The van der Waals surface area contributed by atoms with Crippen LogP contribution in [0.25, 0.3) is 0 Å². The molecule has 4 N–H and O–H groups in total. The summed E-state index contributed by atoms with van der Waals surface area (Å²) < 4.78 is 10.7. The van der Waals surface area contributed by atoms with Gasteiger partial charge in [0.15, 0.2) is 11.8 Å². The summed E-state index contributed by atoms with van der Waals surface area (Å²) >= 11 is 0. The first kappa shape index (κ1) is 25.1. The highest BCUT2D eigenvalue weighted by molar-refractivity contribution is 6.01. The first-order valence-electron chi connectivity index (χ1n) is 10.5. The molecule has 0 aliphatic carbocycles. The average molecular weight is 450 g/mol. The molecule has 1 heterocycles. The number of hydrogen-bond donors (Lipinski definition) is 4. The molecule has 0 aromatic heterocycles. The Morgan fingerprint density at radius 2 is 1.81 bits per heavy atom. The van der Waals surface area contributed by atoms with Crippen LogP contribution in [0.15, 0.2) is 18.2 Å². The number of hydrogen-bond acceptors (Lipinski definition) is 8. The highest BCUT2D eigenvalue weighted by atomic mass is 16.6. The number of carbonyl (C=O) groups excluding carboxylic acids is 4. The highest BCUT2D eigenvalue weighted by Gasteiger charge is 2.41. The number of para-hydroxylation sites is 1.